The summed E-state index contributed by atoms with van der Waals surface area (Å²) in [4.78, 5) is 0. The third kappa shape index (κ3) is 3.73. The van der Waals surface area contributed by atoms with E-state index in [0.29, 0.717) is 5.92 Å². The smallest absolute Gasteiger partial charge is 0.0106 e. The Hall–Kier alpha value is -0.720. The molecule has 1 fully saturated rings. The highest BCUT2D eigenvalue weighted by molar-refractivity contribution is 5.20. The molecule has 1 aliphatic rings. The first-order chi connectivity index (χ1) is 7.15. The molecule has 0 spiro atoms. The van der Waals surface area contributed by atoms with Gasteiger partial charge in [-0.2, -0.15) is 0 Å². The van der Waals surface area contributed by atoms with Crippen LogP contribution in [0.2, 0.25) is 0 Å². The first kappa shape index (κ1) is 12.4. The van der Waals surface area contributed by atoms with Gasteiger partial charge < -0.3 is 5.73 Å². The van der Waals surface area contributed by atoms with E-state index in [1.165, 1.54) is 32.1 Å². The zero-order chi connectivity index (χ0) is 11.3. The van der Waals surface area contributed by atoms with Crippen LogP contribution >= 0.6 is 0 Å². The average molecular weight is 207 g/mol. The highest BCUT2D eigenvalue weighted by Crippen LogP contribution is 2.31. The molecule has 0 radical (unpaired) electrons. The summed E-state index contributed by atoms with van der Waals surface area (Å²) in [5.41, 5.74) is 8.56. The quantitative estimate of drug-likeness (QED) is 0.743. The monoisotopic (exact) mass is 207 g/mol. The van der Waals surface area contributed by atoms with Gasteiger partial charge in [0.2, 0.25) is 0 Å². The maximum absolute atomic E-state index is 5.94. The normalized spacial score (nSPS) is 26.3. The zero-order valence-corrected chi connectivity index (χ0v) is 10.4. The van der Waals surface area contributed by atoms with Gasteiger partial charge in [-0.05, 0) is 43.6 Å². The second-order valence-corrected chi connectivity index (χ2v) is 4.91. The number of allylic oxidation sites excluding steroid dienone is 4. The van der Waals surface area contributed by atoms with Gasteiger partial charge in [-0.15, -0.1) is 0 Å². The third-order valence-corrected chi connectivity index (χ3v) is 3.44. The first-order valence-corrected chi connectivity index (χ1v) is 6.31. The fourth-order valence-corrected chi connectivity index (χ4v) is 2.19. The highest BCUT2D eigenvalue weighted by atomic mass is 14.6. The summed E-state index contributed by atoms with van der Waals surface area (Å²) in [7, 11) is 0. The van der Waals surface area contributed by atoms with Gasteiger partial charge in [0.05, 0.1) is 0 Å². The molecule has 15 heavy (non-hydrogen) atoms. The number of nitrogens with two attached hydrogens (primary N) is 1. The highest BCUT2D eigenvalue weighted by Gasteiger charge is 2.15. The van der Waals surface area contributed by atoms with Gasteiger partial charge in [0.15, 0.2) is 0 Å². The molecule has 0 aromatic rings. The van der Waals surface area contributed by atoms with Crippen LogP contribution in [-0.2, 0) is 0 Å². The Morgan fingerprint density at radius 1 is 1.47 bits per heavy atom. The summed E-state index contributed by atoms with van der Waals surface area (Å²) >= 11 is 0. The van der Waals surface area contributed by atoms with E-state index in [-0.39, 0.29) is 0 Å². The van der Waals surface area contributed by atoms with E-state index < -0.39 is 0 Å². The minimum Gasteiger partial charge on any atom is -0.402 e. The largest absolute Gasteiger partial charge is 0.402 e. The maximum atomic E-state index is 5.94. The summed E-state index contributed by atoms with van der Waals surface area (Å²) in [5, 5.41) is 0. The summed E-state index contributed by atoms with van der Waals surface area (Å²) in [5.74, 6) is 1.28. The van der Waals surface area contributed by atoms with Gasteiger partial charge >= 0.3 is 0 Å². The Morgan fingerprint density at radius 2 is 2.20 bits per heavy atom. The first-order valence-electron chi connectivity index (χ1n) is 6.31. The van der Waals surface area contributed by atoms with Crippen LogP contribution in [0.5, 0.6) is 0 Å². The van der Waals surface area contributed by atoms with Crippen LogP contribution < -0.4 is 5.73 Å². The topological polar surface area (TPSA) is 26.0 Å². The van der Waals surface area contributed by atoms with Crippen molar-refractivity contribution < 1.29 is 0 Å². The van der Waals surface area contributed by atoms with E-state index in [2.05, 4.69) is 32.9 Å². The van der Waals surface area contributed by atoms with Gasteiger partial charge in [0, 0.05) is 5.70 Å². The lowest BCUT2D eigenvalue weighted by atomic mass is 9.82. The van der Waals surface area contributed by atoms with Crippen LogP contribution in [0.1, 0.15) is 52.9 Å². The second-order valence-electron chi connectivity index (χ2n) is 4.91. The van der Waals surface area contributed by atoms with Crippen molar-refractivity contribution in [2.75, 3.05) is 0 Å². The minimum atomic E-state index is 0.463. The van der Waals surface area contributed by atoms with Crippen molar-refractivity contribution in [2.45, 2.75) is 52.9 Å². The Kier molecular flexibility index (Phi) is 4.93. The van der Waals surface area contributed by atoms with Gasteiger partial charge in [0.25, 0.3) is 0 Å². The maximum Gasteiger partial charge on any atom is 0.0106 e. The fourth-order valence-electron chi connectivity index (χ4n) is 2.19. The van der Waals surface area contributed by atoms with E-state index in [1.54, 1.807) is 5.57 Å². The van der Waals surface area contributed by atoms with E-state index in [1.807, 2.05) is 0 Å². The Morgan fingerprint density at radius 3 is 2.80 bits per heavy atom. The molecule has 1 nitrogen and oxygen atoms in total. The molecule has 1 saturated carbocycles. The molecule has 1 atom stereocenters. The lowest BCUT2D eigenvalue weighted by Crippen LogP contribution is -2.09. The van der Waals surface area contributed by atoms with Crippen LogP contribution in [0.3, 0.4) is 0 Å². The predicted octanol–water partition coefficient (Wildman–Crippen LogP) is 4.01. The molecule has 0 aromatic carbocycles. The Balaban J connectivity index is 2.67. The van der Waals surface area contributed by atoms with Gasteiger partial charge in [-0.3, -0.25) is 0 Å². The van der Waals surface area contributed by atoms with Crippen molar-refractivity contribution in [1.29, 1.82) is 0 Å². The predicted molar refractivity (Wildman–Crippen MR) is 67.4 cm³/mol. The average Bonchev–Trinajstić information content (AvgIpc) is 2.26. The number of rotatable bonds is 3. The van der Waals surface area contributed by atoms with Crippen molar-refractivity contribution in [1.82, 2.24) is 0 Å². The molecule has 1 heteroatoms. The van der Waals surface area contributed by atoms with E-state index in [9.17, 15) is 0 Å². The molecule has 0 aliphatic heterocycles. The molecule has 86 valence electrons. The Labute approximate surface area is 94.4 Å². The molecule has 0 aromatic heterocycles. The van der Waals surface area contributed by atoms with Crippen LogP contribution in [0.4, 0.5) is 0 Å². The minimum absolute atomic E-state index is 0.463. The fraction of sp³-hybridized carbons (Fsp3) is 0.714. The van der Waals surface area contributed by atoms with Crippen molar-refractivity contribution in [3.8, 4) is 0 Å². The molecule has 1 rings (SSSR count). The van der Waals surface area contributed by atoms with E-state index in [0.717, 1.165) is 11.6 Å². The third-order valence-electron chi connectivity index (χ3n) is 3.44. The van der Waals surface area contributed by atoms with Crippen molar-refractivity contribution >= 4 is 0 Å². The number of hydrogen-bond donors (Lipinski definition) is 1. The second kappa shape index (κ2) is 5.99. The lowest BCUT2D eigenvalue weighted by Gasteiger charge is -2.24. The van der Waals surface area contributed by atoms with Crippen molar-refractivity contribution in [3.63, 3.8) is 0 Å². The molecular weight excluding hydrogens is 182 g/mol. The summed E-state index contributed by atoms with van der Waals surface area (Å²) in [6.07, 6.45) is 11.1. The van der Waals surface area contributed by atoms with Crippen LogP contribution in [0, 0.1) is 11.8 Å². The molecule has 2 N–H and O–H groups in total. The summed E-state index contributed by atoms with van der Waals surface area (Å²) < 4.78 is 0. The summed E-state index contributed by atoms with van der Waals surface area (Å²) in [6, 6.07) is 0. The molecule has 1 aliphatic carbocycles. The number of hydrogen-bond acceptors (Lipinski definition) is 1. The van der Waals surface area contributed by atoms with Gasteiger partial charge in [-0.1, -0.05) is 38.8 Å². The standard InChI is InChI=1S/C14H25N/c1-4-12-7-5-6-8-13(12)9-10-14(15)11(2)3/h9-12H,4-8,15H2,1-3H3/b13-9-,14-10-. The van der Waals surface area contributed by atoms with Gasteiger partial charge in [0.1, 0.15) is 0 Å². The molecule has 0 bridgehead atoms. The van der Waals surface area contributed by atoms with E-state index >= 15 is 0 Å². The van der Waals surface area contributed by atoms with Crippen LogP contribution in [-0.4, -0.2) is 0 Å². The van der Waals surface area contributed by atoms with Crippen LogP contribution in [0.15, 0.2) is 23.4 Å². The summed E-state index contributed by atoms with van der Waals surface area (Å²) in [6.45, 7) is 6.57. The van der Waals surface area contributed by atoms with Gasteiger partial charge in [-0.25, -0.2) is 0 Å². The SMILES string of the molecule is CCC1CCCC/C1=C/C=C(\N)C(C)C. The van der Waals surface area contributed by atoms with Crippen molar-refractivity contribution in [2.24, 2.45) is 17.6 Å². The Bertz CT molecular complexity index is 248. The van der Waals surface area contributed by atoms with Crippen LogP contribution in [0.25, 0.3) is 0 Å². The van der Waals surface area contributed by atoms with E-state index in [4.69, 9.17) is 5.73 Å². The molecule has 0 amide bonds. The molecular formula is C14H25N. The zero-order valence-electron chi connectivity index (χ0n) is 10.4. The van der Waals surface area contributed by atoms with Crippen molar-refractivity contribution in [3.05, 3.63) is 23.4 Å². The molecule has 1 unspecified atom stereocenters. The molecule has 0 saturated heterocycles. The lowest BCUT2D eigenvalue weighted by molar-refractivity contribution is 0.442. The molecule has 0 heterocycles.